The topological polar surface area (TPSA) is 82.3 Å². The Morgan fingerprint density at radius 1 is 0.909 bits per heavy atom. The van der Waals surface area contributed by atoms with E-state index < -0.39 is 6.17 Å². The van der Waals surface area contributed by atoms with Crippen molar-refractivity contribution >= 4 is 29.0 Å². The number of anilines is 3. The van der Waals surface area contributed by atoms with E-state index >= 15 is 4.39 Å². The van der Waals surface area contributed by atoms with E-state index in [0.29, 0.717) is 24.8 Å². The van der Waals surface area contributed by atoms with Crippen LogP contribution in [0, 0.1) is 6.92 Å². The van der Waals surface area contributed by atoms with Crippen LogP contribution < -0.4 is 20.3 Å². The summed E-state index contributed by atoms with van der Waals surface area (Å²) in [7, 11) is 1.61. The number of carbonyl (C=O) groups excluding carboxylic acids is 2. The number of benzene rings is 3. The summed E-state index contributed by atoms with van der Waals surface area (Å²) in [5.74, 6) is 0.510. The number of imide groups is 1. The van der Waals surface area contributed by atoms with Gasteiger partial charge in [-0.15, -0.1) is 0 Å². The predicted octanol–water partition coefficient (Wildman–Crippen LogP) is 5.74. The average molecular weight is 600 g/mol. The highest BCUT2D eigenvalue weighted by Gasteiger charge is 2.36. The van der Waals surface area contributed by atoms with Gasteiger partial charge in [0, 0.05) is 61.6 Å². The monoisotopic (exact) mass is 599 g/mol. The molecule has 3 amide bonds. The number of methoxy groups -OCH3 is 1. The summed E-state index contributed by atoms with van der Waals surface area (Å²) < 4.78 is 20.5. The number of rotatable bonds is 7. The summed E-state index contributed by atoms with van der Waals surface area (Å²) in [6.45, 7) is 5.83. The van der Waals surface area contributed by atoms with Crippen LogP contribution in [0.15, 0.2) is 66.7 Å². The number of nitrogen functional groups attached to an aromatic ring is 1. The van der Waals surface area contributed by atoms with E-state index in [-0.39, 0.29) is 30.8 Å². The lowest BCUT2D eigenvalue weighted by molar-refractivity contribution is -0.129. The van der Waals surface area contributed by atoms with Gasteiger partial charge in [-0.25, -0.2) is 9.18 Å². The predicted molar refractivity (Wildman–Crippen MR) is 172 cm³/mol. The molecule has 0 saturated carbocycles. The zero-order valence-corrected chi connectivity index (χ0v) is 25.6. The van der Waals surface area contributed by atoms with Crippen LogP contribution in [0.25, 0.3) is 0 Å². The summed E-state index contributed by atoms with van der Waals surface area (Å²) in [6.07, 6.45) is 2.22. The first kappa shape index (κ1) is 29.9. The standard InChI is InChI=1S/C35H42FN5O3/c1-24-21-29(9-12-33(24)40-20-16-34(42)41(35(40)43)22-25-3-10-30(44-2)11-4-25)38-17-13-28(14-18-38)39-19-15-31(32(36)23-39)26-5-7-27(37)8-6-26/h3-12,21,28,31-32H,13-20,22-23,37H2,1-2H3. The van der Waals surface area contributed by atoms with Crippen LogP contribution in [0.3, 0.4) is 0 Å². The quantitative estimate of drug-likeness (QED) is 0.349. The van der Waals surface area contributed by atoms with Gasteiger partial charge in [-0.3, -0.25) is 19.5 Å². The van der Waals surface area contributed by atoms with Crippen molar-refractivity contribution in [3.63, 3.8) is 0 Å². The first-order chi connectivity index (χ1) is 21.3. The van der Waals surface area contributed by atoms with Crippen molar-refractivity contribution < 1.29 is 18.7 Å². The molecule has 232 valence electrons. The minimum Gasteiger partial charge on any atom is -0.497 e. The Balaban J connectivity index is 1.05. The van der Waals surface area contributed by atoms with Crippen molar-refractivity contribution in [3.05, 3.63) is 83.4 Å². The molecule has 3 fully saturated rings. The Labute approximate surface area is 259 Å². The number of likely N-dealkylation sites (tertiary alicyclic amines) is 1. The fraction of sp³-hybridized carbons (Fsp3) is 0.429. The molecule has 44 heavy (non-hydrogen) atoms. The molecular formula is C35H42FN5O3. The van der Waals surface area contributed by atoms with Crippen molar-refractivity contribution in [1.82, 2.24) is 9.80 Å². The maximum Gasteiger partial charge on any atom is 0.331 e. The van der Waals surface area contributed by atoms with Crippen LogP contribution in [-0.2, 0) is 11.3 Å². The molecule has 3 heterocycles. The number of nitrogens with two attached hydrogens (primary N) is 1. The maximum atomic E-state index is 15.3. The molecule has 9 heteroatoms. The van der Waals surface area contributed by atoms with Gasteiger partial charge in [-0.05, 0) is 91.9 Å². The number of ether oxygens (including phenoxy) is 1. The summed E-state index contributed by atoms with van der Waals surface area (Å²) >= 11 is 0. The molecule has 0 aliphatic carbocycles. The summed E-state index contributed by atoms with van der Waals surface area (Å²) in [6, 6.07) is 21.4. The number of hydrogen-bond acceptors (Lipinski definition) is 6. The molecule has 6 rings (SSSR count). The first-order valence-corrected chi connectivity index (χ1v) is 15.6. The molecule has 3 aliphatic heterocycles. The van der Waals surface area contributed by atoms with Gasteiger partial charge in [0.2, 0.25) is 5.91 Å². The maximum absolute atomic E-state index is 15.3. The molecule has 8 nitrogen and oxygen atoms in total. The third kappa shape index (κ3) is 6.24. The second-order valence-electron chi connectivity index (χ2n) is 12.3. The number of piperidine rings is 2. The van der Waals surface area contributed by atoms with Crippen molar-refractivity contribution in [2.24, 2.45) is 0 Å². The molecule has 2 unspecified atom stereocenters. The lowest BCUT2D eigenvalue weighted by atomic mass is 9.86. The number of halogens is 1. The van der Waals surface area contributed by atoms with Crippen LogP contribution in [0.5, 0.6) is 5.75 Å². The SMILES string of the molecule is COc1ccc(CN2C(=O)CCN(c3ccc(N4CCC(N5CCC(c6ccc(N)cc6)C(F)C5)CC4)cc3C)C2=O)cc1. The summed E-state index contributed by atoms with van der Waals surface area (Å²) in [4.78, 5) is 34.0. The number of hydrogen-bond donors (Lipinski definition) is 1. The van der Waals surface area contributed by atoms with Gasteiger partial charge in [0.15, 0.2) is 0 Å². The van der Waals surface area contributed by atoms with E-state index in [4.69, 9.17) is 10.5 Å². The molecule has 2 N–H and O–H groups in total. The molecule has 2 atom stereocenters. The molecule has 0 aromatic heterocycles. The van der Waals surface area contributed by atoms with Crippen molar-refractivity contribution in [1.29, 1.82) is 0 Å². The van der Waals surface area contributed by atoms with Crippen LogP contribution in [0.2, 0.25) is 0 Å². The molecule has 3 aromatic carbocycles. The summed E-state index contributed by atoms with van der Waals surface area (Å²) in [5.41, 5.74) is 11.4. The highest BCUT2D eigenvalue weighted by atomic mass is 19.1. The molecule has 0 spiro atoms. The van der Waals surface area contributed by atoms with E-state index in [1.165, 1.54) is 4.90 Å². The van der Waals surface area contributed by atoms with E-state index in [0.717, 1.165) is 72.7 Å². The Kier molecular flexibility index (Phi) is 8.75. The smallest absolute Gasteiger partial charge is 0.331 e. The van der Waals surface area contributed by atoms with Crippen LogP contribution in [-0.4, -0.2) is 73.8 Å². The van der Waals surface area contributed by atoms with Gasteiger partial charge in [0.25, 0.3) is 0 Å². The fourth-order valence-electron chi connectivity index (χ4n) is 6.99. The zero-order chi connectivity index (χ0) is 30.8. The van der Waals surface area contributed by atoms with Gasteiger partial charge in [-0.2, -0.15) is 0 Å². The van der Waals surface area contributed by atoms with E-state index in [2.05, 4.69) is 21.9 Å². The Morgan fingerprint density at radius 3 is 2.30 bits per heavy atom. The van der Waals surface area contributed by atoms with Gasteiger partial charge < -0.3 is 15.4 Å². The Morgan fingerprint density at radius 2 is 1.64 bits per heavy atom. The van der Waals surface area contributed by atoms with E-state index in [9.17, 15) is 9.59 Å². The second kappa shape index (κ2) is 12.9. The van der Waals surface area contributed by atoms with E-state index in [1.807, 2.05) is 61.5 Å². The van der Waals surface area contributed by atoms with Gasteiger partial charge in [0.1, 0.15) is 11.9 Å². The minimum absolute atomic E-state index is 0.0622. The highest BCUT2D eigenvalue weighted by Crippen LogP contribution is 2.35. The Bertz CT molecular complexity index is 1470. The number of carbonyl (C=O) groups is 2. The van der Waals surface area contributed by atoms with Crippen molar-refractivity contribution in [2.75, 3.05) is 55.4 Å². The number of alkyl halides is 1. The lowest BCUT2D eigenvalue weighted by Gasteiger charge is -2.43. The third-order valence-corrected chi connectivity index (χ3v) is 9.57. The Hall–Kier alpha value is -4.11. The van der Waals surface area contributed by atoms with Crippen LogP contribution in [0.1, 0.15) is 48.3 Å². The molecular weight excluding hydrogens is 557 g/mol. The first-order valence-electron chi connectivity index (χ1n) is 15.6. The largest absolute Gasteiger partial charge is 0.497 e. The van der Waals surface area contributed by atoms with Crippen LogP contribution in [0.4, 0.5) is 26.2 Å². The number of nitrogens with zero attached hydrogens (tertiary/aromatic N) is 4. The molecule has 0 radical (unpaired) electrons. The van der Waals surface area contributed by atoms with Gasteiger partial charge >= 0.3 is 6.03 Å². The summed E-state index contributed by atoms with van der Waals surface area (Å²) in [5, 5.41) is 0. The normalized spacial score (nSPS) is 22.0. The van der Waals surface area contributed by atoms with Crippen molar-refractivity contribution in [3.8, 4) is 5.75 Å². The zero-order valence-electron chi connectivity index (χ0n) is 25.6. The van der Waals surface area contributed by atoms with Crippen LogP contribution >= 0.6 is 0 Å². The number of aryl methyl sites for hydroxylation is 1. The van der Waals surface area contributed by atoms with Crippen molar-refractivity contribution in [2.45, 2.75) is 57.3 Å². The average Bonchev–Trinajstić information content (AvgIpc) is 3.04. The number of amides is 3. The van der Waals surface area contributed by atoms with E-state index in [1.54, 1.807) is 12.0 Å². The molecule has 0 bridgehead atoms. The highest BCUT2D eigenvalue weighted by molar-refractivity contribution is 6.06. The number of urea groups is 1. The molecule has 3 aliphatic rings. The lowest BCUT2D eigenvalue weighted by Crippen LogP contribution is -2.52. The minimum atomic E-state index is -0.875. The fourth-order valence-corrected chi connectivity index (χ4v) is 6.99. The molecule has 3 saturated heterocycles. The molecule has 3 aromatic rings. The van der Waals surface area contributed by atoms with Gasteiger partial charge in [-0.1, -0.05) is 24.3 Å². The third-order valence-electron chi connectivity index (χ3n) is 9.57. The second-order valence-corrected chi connectivity index (χ2v) is 12.3. The van der Waals surface area contributed by atoms with Gasteiger partial charge in [0.05, 0.1) is 13.7 Å².